The molecule has 2 aromatic rings. The van der Waals surface area contributed by atoms with Crippen LogP contribution in [0.3, 0.4) is 0 Å². The van der Waals surface area contributed by atoms with E-state index in [9.17, 15) is 5.11 Å². The maximum Gasteiger partial charge on any atom is 0.0911 e. The lowest BCUT2D eigenvalue weighted by atomic mass is 9.86. The van der Waals surface area contributed by atoms with Crippen molar-refractivity contribution < 1.29 is 5.11 Å². The van der Waals surface area contributed by atoms with E-state index in [-0.39, 0.29) is 0 Å². The Morgan fingerprint density at radius 1 is 1.21 bits per heavy atom. The van der Waals surface area contributed by atoms with Gasteiger partial charge in [-0.15, -0.1) is 0 Å². The van der Waals surface area contributed by atoms with Crippen molar-refractivity contribution in [3.63, 3.8) is 0 Å². The largest absolute Gasteiger partial charge is 0.385 e. The number of halogens is 1. The number of aryl methyl sites for hydroxylation is 2. The van der Waals surface area contributed by atoms with Crippen molar-refractivity contribution in [2.45, 2.75) is 32.8 Å². The van der Waals surface area contributed by atoms with Gasteiger partial charge in [-0.3, -0.25) is 4.98 Å². The fraction of sp³-hybridized carbons (Fsp3) is 0.312. The second-order valence-corrected chi connectivity index (χ2v) is 6.20. The number of benzene rings is 1. The van der Waals surface area contributed by atoms with Gasteiger partial charge in [-0.25, -0.2) is 0 Å². The number of pyridine rings is 1. The molecule has 0 amide bonds. The van der Waals surface area contributed by atoms with Gasteiger partial charge in [0.05, 0.1) is 5.60 Å². The summed E-state index contributed by atoms with van der Waals surface area (Å²) in [5.74, 6) is 0. The highest BCUT2D eigenvalue weighted by Gasteiger charge is 2.25. The Hall–Kier alpha value is -1.19. The summed E-state index contributed by atoms with van der Waals surface area (Å²) in [5.41, 5.74) is 3.37. The first kappa shape index (κ1) is 14.2. The first-order valence-electron chi connectivity index (χ1n) is 6.28. The molecule has 19 heavy (non-hydrogen) atoms. The number of aliphatic hydroxyl groups is 1. The van der Waals surface area contributed by atoms with Crippen LogP contribution in [0.4, 0.5) is 0 Å². The molecule has 3 heteroatoms. The average molecular weight is 320 g/mol. The lowest BCUT2D eigenvalue weighted by Gasteiger charge is -2.26. The lowest BCUT2D eigenvalue weighted by Crippen LogP contribution is -2.25. The molecule has 1 atom stereocenters. The van der Waals surface area contributed by atoms with Crippen LogP contribution in [-0.4, -0.2) is 10.1 Å². The van der Waals surface area contributed by atoms with Gasteiger partial charge in [-0.1, -0.05) is 23.8 Å². The van der Waals surface area contributed by atoms with E-state index in [4.69, 9.17) is 0 Å². The van der Waals surface area contributed by atoms with Gasteiger partial charge in [-0.05, 0) is 59.5 Å². The molecule has 1 unspecified atom stereocenters. The fourth-order valence-electron chi connectivity index (χ4n) is 2.36. The van der Waals surface area contributed by atoms with Crippen LogP contribution in [0.25, 0.3) is 0 Å². The highest BCUT2D eigenvalue weighted by Crippen LogP contribution is 2.29. The Morgan fingerprint density at radius 2 is 1.95 bits per heavy atom. The van der Waals surface area contributed by atoms with Crippen LogP contribution in [0, 0.1) is 13.8 Å². The Balaban J connectivity index is 2.34. The summed E-state index contributed by atoms with van der Waals surface area (Å²) in [6.07, 6.45) is 4.09. The summed E-state index contributed by atoms with van der Waals surface area (Å²) in [6, 6.07) is 8.17. The van der Waals surface area contributed by atoms with Crippen LogP contribution in [-0.2, 0) is 12.0 Å². The van der Waals surface area contributed by atoms with Crippen molar-refractivity contribution in [1.82, 2.24) is 4.98 Å². The van der Waals surface area contributed by atoms with E-state index in [2.05, 4.69) is 39.1 Å². The molecule has 0 saturated carbocycles. The third kappa shape index (κ3) is 3.43. The van der Waals surface area contributed by atoms with E-state index in [1.165, 1.54) is 0 Å². The van der Waals surface area contributed by atoms with E-state index < -0.39 is 5.60 Å². The SMILES string of the molecule is Cc1ccc(C)c(C(C)(O)Cc2cncc(Br)c2)c1. The van der Waals surface area contributed by atoms with Gasteiger partial charge in [0.25, 0.3) is 0 Å². The van der Waals surface area contributed by atoms with Gasteiger partial charge in [0.1, 0.15) is 0 Å². The monoisotopic (exact) mass is 319 g/mol. The number of hydrogen-bond acceptors (Lipinski definition) is 2. The summed E-state index contributed by atoms with van der Waals surface area (Å²) >= 11 is 3.41. The summed E-state index contributed by atoms with van der Waals surface area (Å²) in [4.78, 5) is 4.14. The second kappa shape index (κ2) is 5.43. The van der Waals surface area contributed by atoms with Crippen molar-refractivity contribution in [2.24, 2.45) is 0 Å². The van der Waals surface area contributed by atoms with Crippen LogP contribution in [0.1, 0.15) is 29.2 Å². The van der Waals surface area contributed by atoms with Crippen molar-refractivity contribution in [1.29, 1.82) is 0 Å². The van der Waals surface area contributed by atoms with E-state index >= 15 is 0 Å². The minimum Gasteiger partial charge on any atom is -0.385 e. The maximum absolute atomic E-state index is 10.8. The van der Waals surface area contributed by atoms with Crippen molar-refractivity contribution in [2.75, 3.05) is 0 Å². The maximum atomic E-state index is 10.8. The zero-order valence-electron chi connectivity index (χ0n) is 11.4. The van der Waals surface area contributed by atoms with Crippen molar-refractivity contribution >= 4 is 15.9 Å². The van der Waals surface area contributed by atoms with Gasteiger partial charge < -0.3 is 5.11 Å². The number of rotatable bonds is 3. The number of hydrogen-bond donors (Lipinski definition) is 1. The summed E-state index contributed by atoms with van der Waals surface area (Å²) < 4.78 is 0.932. The summed E-state index contributed by atoms with van der Waals surface area (Å²) in [7, 11) is 0. The lowest BCUT2D eigenvalue weighted by molar-refractivity contribution is 0.0568. The molecule has 2 rings (SSSR count). The average Bonchev–Trinajstić information content (AvgIpc) is 2.31. The summed E-state index contributed by atoms with van der Waals surface area (Å²) in [5, 5.41) is 10.8. The van der Waals surface area contributed by atoms with Crippen LogP contribution >= 0.6 is 15.9 Å². The Labute approximate surface area is 122 Å². The third-order valence-corrected chi connectivity index (χ3v) is 3.72. The standard InChI is InChI=1S/C16H18BrNO/c1-11-4-5-12(2)15(6-11)16(3,19)8-13-7-14(17)10-18-9-13/h4-7,9-10,19H,8H2,1-3H3. The molecular weight excluding hydrogens is 302 g/mol. The van der Waals surface area contributed by atoms with Crippen LogP contribution < -0.4 is 0 Å². The van der Waals surface area contributed by atoms with Gasteiger partial charge in [-0.2, -0.15) is 0 Å². The normalized spacial score (nSPS) is 14.2. The Bertz CT molecular complexity index is 593. The van der Waals surface area contributed by atoms with E-state index in [0.29, 0.717) is 6.42 Å². The highest BCUT2D eigenvalue weighted by molar-refractivity contribution is 9.10. The zero-order valence-corrected chi connectivity index (χ0v) is 13.0. The first-order chi connectivity index (χ1) is 8.88. The van der Waals surface area contributed by atoms with Gasteiger partial charge >= 0.3 is 0 Å². The smallest absolute Gasteiger partial charge is 0.0911 e. The zero-order chi connectivity index (χ0) is 14.0. The van der Waals surface area contributed by atoms with Crippen LogP contribution in [0.5, 0.6) is 0 Å². The second-order valence-electron chi connectivity index (χ2n) is 5.28. The van der Waals surface area contributed by atoms with E-state index in [0.717, 1.165) is 26.7 Å². The molecule has 0 aliphatic rings. The molecule has 0 saturated heterocycles. The van der Waals surface area contributed by atoms with Crippen LogP contribution in [0.15, 0.2) is 41.1 Å². The highest BCUT2D eigenvalue weighted by atomic mass is 79.9. The quantitative estimate of drug-likeness (QED) is 0.930. The fourth-order valence-corrected chi connectivity index (χ4v) is 2.77. The molecule has 1 heterocycles. The minimum atomic E-state index is -0.890. The molecule has 2 nitrogen and oxygen atoms in total. The van der Waals surface area contributed by atoms with Crippen molar-refractivity contribution in [3.05, 3.63) is 63.4 Å². The molecule has 0 fully saturated rings. The molecule has 0 bridgehead atoms. The van der Waals surface area contributed by atoms with Gasteiger partial charge in [0, 0.05) is 23.3 Å². The molecule has 1 aromatic carbocycles. The molecule has 1 N–H and O–H groups in total. The minimum absolute atomic E-state index is 0.545. The number of nitrogens with zero attached hydrogens (tertiary/aromatic N) is 1. The molecule has 0 spiro atoms. The number of aromatic nitrogens is 1. The molecule has 0 aliphatic carbocycles. The predicted octanol–water partition coefficient (Wildman–Crippen LogP) is 3.91. The van der Waals surface area contributed by atoms with Crippen LogP contribution in [0.2, 0.25) is 0 Å². The van der Waals surface area contributed by atoms with Gasteiger partial charge in [0.15, 0.2) is 0 Å². The molecule has 0 radical (unpaired) electrons. The van der Waals surface area contributed by atoms with Crippen molar-refractivity contribution in [3.8, 4) is 0 Å². The molecule has 0 aliphatic heterocycles. The molecule has 100 valence electrons. The van der Waals surface area contributed by atoms with E-state index in [1.54, 1.807) is 12.4 Å². The Morgan fingerprint density at radius 3 is 2.63 bits per heavy atom. The molecular formula is C16H18BrNO. The topological polar surface area (TPSA) is 33.1 Å². The van der Waals surface area contributed by atoms with Gasteiger partial charge in [0.2, 0.25) is 0 Å². The Kier molecular flexibility index (Phi) is 4.07. The first-order valence-corrected chi connectivity index (χ1v) is 7.07. The predicted molar refractivity (Wildman–Crippen MR) is 81.1 cm³/mol. The van der Waals surface area contributed by atoms with E-state index in [1.807, 2.05) is 26.8 Å². The third-order valence-electron chi connectivity index (χ3n) is 3.28. The molecule has 1 aromatic heterocycles. The summed E-state index contributed by atoms with van der Waals surface area (Å²) in [6.45, 7) is 5.93.